The van der Waals surface area contributed by atoms with Gasteiger partial charge in [-0.05, 0) is 6.42 Å². The summed E-state index contributed by atoms with van der Waals surface area (Å²) in [7, 11) is 0. The topological polar surface area (TPSA) is 216 Å². The molecule has 0 aromatic carbocycles. The van der Waals surface area contributed by atoms with Crippen molar-refractivity contribution in [1.82, 2.24) is 0 Å². The van der Waals surface area contributed by atoms with E-state index in [2.05, 4.69) is 0 Å². The van der Waals surface area contributed by atoms with Gasteiger partial charge in [-0.25, -0.2) is 0 Å². The molecule has 2 rings (SSSR count). The molecule has 8 N–H and O–H groups in total. The number of hydrogen-bond acceptors (Lipinski definition) is 13. The molecule has 2 fully saturated rings. The van der Waals surface area contributed by atoms with E-state index < -0.39 is 73.9 Å². The summed E-state index contributed by atoms with van der Waals surface area (Å²) in [6, 6.07) is 0. The number of ether oxygens (including phenoxy) is 4. The lowest BCUT2D eigenvalue weighted by Gasteiger charge is -2.49. The van der Waals surface area contributed by atoms with Crippen LogP contribution in [0.2, 0.25) is 0 Å². The maximum absolute atomic E-state index is 12.4. The Labute approximate surface area is 184 Å². The molecule has 32 heavy (non-hydrogen) atoms. The minimum Gasteiger partial charge on any atom is -0.427 e. The van der Waals surface area contributed by atoms with Gasteiger partial charge in [-0.2, -0.15) is 0 Å². The highest BCUT2D eigenvalue weighted by molar-refractivity contribution is 5.69. The number of carbonyl (C=O) groups excluding carboxylic acids is 1. The van der Waals surface area contributed by atoms with E-state index in [-0.39, 0.29) is 6.42 Å². The van der Waals surface area contributed by atoms with E-state index in [9.17, 15) is 45.6 Å². The first-order valence-corrected chi connectivity index (χ1v) is 10.7. The fourth-order valence-corrected chi connectivity index (χ4v) is 3.58. The number of hydrogen-bond donors (Lipinski definition) is 8. The third-order valence-electron chi connectivity index (χ3n) is 5.52. The van der Waals surface area contributed by atoms with Crippen LogP contribution < -0.4 is 0 Å². The largest absolute Gasteiger partial charge is 0.427 e. The van der Waals surface area contributed by atoms with E-state index in [1.54, 1.807) is 0 Å². The highest BCUT2D eigenvalue weighted by Gasteiger charge is 2.59. The quantitative estimate of drug-likeness (QED) is 0.117. The molecule has 0 spiro atoms. The Morgan fingerprint density at radius 2 is 1.47 bits per heavy atom. The van der Waals surface area contributed by atoms with Crippen LogP contribution in [0.25, 0.3) is 0 Å². The van der Waals surface area contributed by atoms with Crippen molar-refractivity contribution in [2.75, 3.05) is 6.61 Å². The van der Waals surface area contributed by atoms with Gasteiger partial charge in [-0.15, -0.1) is 0 Å². The van der Waals surface area contributed by atoms with E-state index in [0.717, 1.165) is 25.7 Å². The van der Waals surface area contributed by atoms with Gasteiger partial charge >= 0.3 is 5.97 Å². The van der Waals surface area contributed by atoms with Crippen molar-refractivity contribution in [2.24, 2.45) is 0 Å². The van der Waals surface area contributed by atoms with Crippen LogP contribution in [0.15, 0.2) is 0 Å². The predicted molar refractivity (Wildman–Crippen MR) is 102 cm³/mol. The third-order valence-corrected chi connectivity index (χ3v) is 5.52. The van der Waals surface area contributed by atoms with Crippen molar-refractivity contribution in [3.05, 3.63) is 0 Å². The van der Waals surface area contributed by atoms with Gasteiger partial charge in [0.25, 0.3) is 5.79 Å². The molecule has 2 aliphatic rings. The molecule has 0 amide bonds. The standard InChI is InChI=1S/C19H34O13/c1-2-3-4-5-6-7-9(21)31-19(8-20)15(11(23)13(25)17(28)32-19)29-18-14(26)10(22)12(24)16(27)30-18/h10-18,20,22-28H,2-8H2,1H3/t10-,11-,12-,13+,14+,15-,16-,17+,18+,19-/m0/s1. The van der Waals surface area contributed by atoms with Crippen LogP contribution in [0.3, 0.4) is 0 Å². The van der Waals surface area contributed by atoms with Crippen LogP contribution >= 0.6 is 0 Å². The second-order valence-corrected chi connectivity index (χ2v) is 8.02. The number of unbranched alkanes of at least 4 members (excludes halogenated alkanes) is 4. The lowest BCUT2D eigenvalue weighted by atomic mass is 9.95. The van der Waals surface area contributed by atoms with Crippen LogP contribution in [-0.4, -0.2) is 115 Å². The second kappa shape index (κ2) is 11.9. The number of aliphatic hydroxyl groups excluding tert-OH is 8. The summed E-state index contributed by atoms with van der Waals surface area (Å²) in [4.78, 5) is 12.4. The number of esters is 1. The average molecular weight is 470 g/mol. The number of rotatable bonds is 10. The summed E-state index contributed by atoms with van der Waals surface area (Å²) in [6.45, 7) is 0.910. The molecule has 10 atom stereocenters. The highest BCUT2D eigenvalue weighted by atomic mass is 16.8. The SMILES string of the molecule is CCCCCCCC(=O)O[C@@]1(CO)O[C@@H](O)[C@H](O)[C@H](O)[C@@H]1O[C@@H]1O[C@H](O)[C@@H](O)[C@H](O)[C@H]1O. The van der Waals surface area contributed by atoms with Crippen LogP contribution in [-0.2, 0) is 23.7 Å². The number of carbonyl (C=O) groups is 1. The summed E-state index contributed by atoms with van der Waals surface area (Å²) in [5, 5.41) is 79.4. The first-order valence-electron chi connectivity index (χ1n) is 10.7. The minimum atomic E-state index is -2.51. The monoisotopic (exact) mass is 470 g/mol. The summed E-state index contributed by atoms with van der Waals surface area (Å²) in [5.41, 5.74) is 0. The molecule has 13 nitrogen and oxygen atoms in total. The van der Waals surface area contributed by atoms with Gasteiger partial charge < -0.3 is 59.8 Å². The molecule has 13 heteroatoms. The highest BCUT2D eigenvalue weighted by Crippen LogP contribution is 2.35. The second-order valence-electron chi connectivity index (χ2n) is 8.02. The summed E-state index contributed by atoms with van der Waals surface area (Å²) in [5.74, 6) is -3.35. The lowest BCUT2D eigenvalue weighted by Crippen LogP contribution is -2.70. The fourth-order valence-electron chi connectivity index (χ4n) is 3.58. The van der Waals surface area contributed by atoms with E-state index in [4.69, 9.17) is 18.9 Å². The van der Waals surface area contributed by atoms with Crippen LogP contribution in [0, 0.1) is 0 Å². The van der Waals surface area contributed by atoms with E-state index in [1.807, 2.05) is 6.92 Å². The molecular formula is C19H34O13. The minimum absolute atomic E-state index is 0.0670. The van der Waals surface area contributed by atoms with Crippen molar-refractivity contribution in [1.29, 1.82) is 0 Å². The van der Waals surface area contributed by atoms with Gasteiger partial charge in [0.15, 0.2) is 25.0 Å². The molecule has 0 aliphatic carbocycles. The fraction of sp³-hybridized carbons (Fsp3) is 0.947. The first kappa shape index (κ1) is 27.3. The molecule has 0 aromatic heterocycles. The van der Waals surface area contributed by atoms with Gasteiger partial charge in [-0.1, -0.05) is 32.6 Å². The van der Waals surface area contributed by atoms with E-state index in [1.165, 1.54) is 0 Å². The van der Waals surface area contributed by atoms with Crippen molar-refractivity contribution in [3.63, 3.8) is 0 Å². The molecule has 0 radical (unpaired) electrons. The summed E-state index contributed by atoms with van der Waals surface area (Å²) < 4.78 is 20.5. The van der Waals surface area contributed by atoms with Gasteiger partial charge in [-0.3, -0.25) is 4.79 Å². The van der Waals surface area contributed by atoms with Gasteiger partial charge in [0, 0.05) is 6.42 Å². The molecule has 0 unspecified atom stereocenters. The lowest BCUT2D eigenvalue weighted by molar-refractivity contribution is -0.427. The Morgan fingerprint density at radius 3 is 2.09 bits per heavy atom. The maximum Gasteiger partial charge on any atom is 0.308 e. The van der Waals surface area contributed by atoms with Crippen molar-refractivity contribution in [3.8, 4) is 0 Å². The maximum atomic E-state index is 12.4. The zero-order valence-corrected chi connectivity index (χ0v) is 17.8. The van der Waals surface area contributed by atoms with Gasteiger partial charge in [0.05, 0.1) is 0 Å². The van der Waals surface area contributed by atoms with Gasteiger partial charge in [0.2, 0.25) is 0 Å². The van der Waals surface area contributed by atoms with E-state index in [0.29, 0.717) is 6.42 Å². The van der Waals surface area contributed by atoms with Crippen molar-refractivity contribution >= 4 is 5.97 Å². The molecule has 2 saturated heterocycles. The molecular weight excluding hydrogens is 436 g/mol. The smallest absolute Gasteiger partial charge is 0.308 e. The molecule has 0 aromatic rings. The van der Waals surface area contributed by atoms with Crippen LogP contribution in [0.1, 0.15) is 45.4 Å². The normalized spacial score (nSPS) is 42.6. The Kier molecular flexibility index (Phi) is 10.2. The van der Waals surface area contributed by atoms with Crippen LogP contribution in [0.4, 0.5) is 0 Å². The molecule has 2 aliphatic heterocycles. The third kappa shape index (κ3) is 6.12. The molecule has 0 bridgehead atoms. The van der Waals surface area contributed by atoms with Gasteiger partial charge in [0.1, 0.15) is 37.1 Å². The summed E-state index contributed by atoms with van der Waals surface area (Å²) >= 11 is 0. The van der Waals surface area contributed by atoms with Crippen molar-refractivity contribution < 1.29 is 64.6 Å². The molecule has 188 valence electrons. The Bertz CT molecular complexity index is 592. The Hall–Kier alpha value is -0.970. The number of aliphatic hydroxyl groups is 8. The zero-order chi connectivity index (χ0) is 24.1. The Morgan fingerprint density at radius 1 is 0.844 bits per heavy atom. The summed E-state index contributed by atoms with van der Waals surface area (Å²) in [6.07, 6.45) is -13.5. The zero-order valence-electron chi connectivity index (χ0n) is 17.8. The molecule has 0 saturated carbocycles. The predicted octanol–water partition coefficient (Wildman–Crippen LogP) is -3.21. The van der Waals surface area contributed by atoms with Crippen LogP contribution in [0.5, 0.6) is 0 Å². The van der Waals surface area contributed by atoms with E-state index >= 15 is 0 Å². The Balaban J connectivity index is 2.17. The average Bonchev–Trinajstić information content (AvgIpc) is 2.76. The molecule has 2 heterocycles. The van der Waals surface area contributed by atoms with Crippen molar-refractivity contribution in [2.45, 2.75) is 107 Å². The first-order chi connectivity index (χ1) is 15.1.